The van der Waals surface area contributed by atoms with Crippen molar-refractivity contribution in [1.29, 1.82) is 0 Å². The van der Waals surface area contributed by atoms with Crippen molar-refractivity contribution in [1.82, 2.24) is 10.2 Å². The van der Waals surface area contributed by atoms with Crippen molar-refractivity contribution in [2.24, 2.45) is 0 Å². The summed E-state index contributed by atoms with van der Waals surface area (Å²) in [6, 6.07) is 8.27. The molecular weight excluding hydrogens is 312 g/mol. The first-order valence-corrected chi connectivity index (χ1v) is 8.80. The van der Waals surface area contributed by atoms with Crippen LogP contribution in [-0.2, 0) is 12.8 Å². The van der Waals surface area contributed by atoms with Crippen LogP contribution in [0.5, 0.6) is 0 Å². The van der Waals surface area contributed by atoms with Gasteiger partial charge in [0.15, 0.2) is 0 Å². The standard InChI is InChI=1S/C17H25BrN2/c1-2-20(12-16-4-3-9-19-16)17-8-6-13-10-15(18)7-5-14(13)11-17/h5,7,10,16-17,19H,2-4,6,8-9,11-12H2,1H3. The Morgan fingerprint density at radius 1 is 1.30 bits per heavy atom. The summed E-state index contributed by atoms with van der Waals surface area (Å²) in [6.45, 7) is 5.93. The highest BCUT2D eigenvalue weighted by Gasteiger charge is 2.26. The fraction of sp³-hybridized carbons (Fsp3) is 0.647. The van der Waals surface area contributed by atoms with E-state index >= 15 is 0 Å². The van der Waals surface area contributed by atoms with E-state index in [0.29, 0.717) is 0 Å². The van der Waals surface area contributed by atoms with Crippen molar-refractivity contribution < 1.29 is 0 Å². The molecule has 2 aliphatic rings. The Hall–Kier alpha value is -0.380. The molecule has 1 aromatic carbocycles. The minimum atomic E-state index is 0.723. The quantitative estimate of drug-likeness (QED) is 0.906. The number of halogens is 1. The van der Waals surface area contributed by atoms with Gasteiger partial charge in [-0.05, 0) is 68.5 Å². The lowest BCUT2D eigenvalue weighted by atomic mass is 9.87. The van der Waals surface area contributed by atoms with Gasteiger partial charge < -0.3 is 5.32 Å². The van der Waals surface area contributed by atoms with Crippen LogP contribution in [0.3, 0.4) is 0 Å². The molecule has 0 amide bonds. The maximum atomic E-state index is 3.64. The van der Waals surface area contributed by atoms with E-state index in [1.54, 1.807) is 11.1 Å². The van der Waals surface area contributed by atoms with Crippen LogP contribution in [0.15, 0.2) is 22.7 Å². The summed E-state index contributed by atoms with van der Waals surface area (Å²) in [5.74, 6) is 0. The first-order valence-electron chi connectivity index (χ1n) is 8.01. The van der Waals surface area contributed by atoms with Gasteiger partial charge in [-0.3, -0.25) is 4.90 Å². The van der Waals surface area contributed by atoms with Gasteiger partial charge in [-0.15, -0.1) is 0 Å². The summed E-state index contributed by atoms with van der Waals surface area (Å²) in [6.07, 6.45) is 6.47. The van der Waals surface area contributed by atoms with Crippen LogP contribution in [0.1, 0.15) is 37.3 Å². The molecule has 0 bridgehead atoms. The van der Waals surface area contributed by atoms with Gasteiger partial charge in [-0.1, -0.05) is 28.9 Å². The molecule has 1 aromatic rings. The van der Waals surface area contributed by atoms with E-state index in [0.717, 1.165) is 12.1 Å². The lowest BCUT2D eigenvalue weighted by molar-refractivity contribution is 0.173. The molecule has 0 saturated carbocycles. The van der Waals surface area contributed by atoms with Gasteiger partial charge in [-0.2, -0.15) is 0 Å². The monoisotopic (exact) mass is 336 g/mol. The topological polar surface area (TPSA) is 15.3 Å². The van der Waals surface area contributed by atoms with E-state index in [-0.39, 0.29) is 0 Å². The number of hydrogen-bond donors (Lipinski definition) is 1. The van der Waals surface area contributed by atoms with Crippen LogP contribution in [0, 0.1) is 0 Å². The molecule has 1 N–H and O–H groups in total. The molecule has 3 rings (SSSR count). The lowest BCUT2D eigenvalue weighted by Crippen LogP contribution is -2.45. The van der Waals surface area contributed by atoms with Crippen LogP contribution < -0.4 is 5.32 Å². The molecule has 0 radical (unpaired) electrons. The Labute approximate surface area is 131 Å². The number of likely N-dealkylation sites (N-methyl/N-ethyl adjacent to an activating group) is 1. The van der Waals surface area contributed by atoms with Crippen LogP contribution in [-0.4, -0.2) is 36.6 Å². The molecule has 1 aliphatic carbocycles. The molecule has 2 nitrogen and oxygen atoms in total. The van der Waals surface area contributed by atoms with Crippen molar-refractivity contribution in [2.45, 2.75) is 51.1 Å². The molecule has 0 aromatic heterocycles. The Kier molecular flexibility index (Phi) is 4.79. The molecular formula is C17H25BrN2. The summed E-state index contributed by atoms with van der Waals surface area (Å²) in [4.78, 5) is 2.70. The third-order valence-corrected chi connectivity index (χ3v) is 5.40. The highest BCUT2D eigenvalue weighted by Crippen LogP contribution is 2.27. The minimum absolute atomic E-state index is 0.723. The molecule has 1 fully saturated rings. The maximum absolute atomic E-state index is 3.64. The zero-order chi connectivity index (χ0) is 13.9. The predicted molar refractivity (Wildman–Crippen MR) is 88.2 cm³/mol. The van der Waals surface area contributed by atoms with E-state index in [2.05, 4.69) is 51.3 Å². The second-order valence-electron chi connectivity index (χ2n) is 6.19. The van der Waals surface area contributed by atoms with Gasteiger partial charge in [0.25, 0.3) is 0 Å². The highest BCUT2D eigenvalue weighted by atomic mass is 79.9. The van der Waals surface area contributed by atoms with Crippen molar-refractivity contribution in [3.8, 4) is 0 Å². The third kappa shape index (κ3) is 3.26. The van der Waals surface area contributed by atoms with Gasteiger partial charge >= 0.3 is 0 Å². The normalized spacial score (nSPS) is 25.9. The number of hydrogen-bond acceptors (Lipinski definition) is 2. The van der Waals surface area contributed by atoms with E-state index in [9.17, 15) is 0 Å². The molecule has 1 saturated heterocycles. The number of aryl methyl sites for hydroxylation is 1. The van der Waals surface area contributed by atoms with Crippen molar-refractivity contribution in [2.75, 3.05) is 19.6 Å². The van der Waals surface area contributed by atoms with E-state index in [4.69, 9.17) is 0 Å². The number of rotatable bonds is 4. The summed E-state index contributed by atoms with van der Waals surface area (Å²) < 4.78 is 1.22. The summed E-state index contributed by atoms with van der Waals surface area (Å²) in [5.41, 5.74) is 3.10. The number of nitrogens with one attached hydrogen (secondary N) is 1. The number of fused-ring (bicyclic) bond motifs is 1. The minimum Gasteiger partial charge on any atom is -0.313 e. The van der Waals surface area contributed by atoms with Gasteiger partial charge in [0.05, 0.1) is 0 Å². The Balaban J connectivity index is 1.66. The van der Waals surface area contributed by atoms with Gasteiger partial charge in [-0.25, -0.2) is 0 Å². The lowest BCUT2D eigenvalue weighted by Gasteiger charge is -2.36. The second-order valence-corrected chi connectivity index (χ2v) is 7.11. The van der Waals surface area contributed by atoms with Crippen molar-refractivity contribution in [3.63, 3.8) is 0 Å². The average Bonchev–Trinajstić information content (AvgIpc) is 2.97. The zero-order valence-corrected chi connectivity index (χ0v) is 14.0. The van der Waals surface area contributed by atoms with Crippen LogP contribution in [0.25, 0.3) is 0 Å². The van der Waals surface area contributed by atoms with Crippen LogP contribution >= 0.6 is 15.9 Å². The van der Waals surface area contributed by atoms with E-state index in [1.807, 2.05) is 0 Å². The van der Waals surface area contributed by atoms with Crippen LogP contribution in [0.4, 0.5) is 0 Å². The van der Waals surface area contributed by atoms with Crippen molar-refractivity contribution in [3.05, 3.63) is 33.8 Å². The first kappa shape index (κ1) is 14.6. The summed E-state index contributed by atoms with van der Waals surface area (Å²) in [5, 5.41) is 3.64. The maximum Gasteiger partial charge on any atom is 0.0195 e. The Bertz CT molecular complexity index is 454. The highest BCUT2D eigenvalue weighted by molar-refractivity contribution is 9.10. The van der Waals surface area contributed by atoms with E-state index < -0.39 is 0 Å². The largest absolute Gasteiger partial charge is 0.313 e. The Morgan fingerprint density at radius 2 is 2.20 bits per heavy atom. The molecule has 1 aliphatic heterocycles. The molecule has 1 heterocycles. The number of nitrogens with zero attached hydrogens (tertiary/aromatic N) is 1. The zero-order valence-electron chi connectivity index (χ0n) is 12.4. The molecule has 110 valence electrons. The molecule has 2 unspecified atom stereocenters. The predicted octanol–water partition coefficient (Wildman–Crippen LogP) is 3.38. The van der Waals surface area contributed by atoms with Gasteiger partial charge in [0.2, 0.25) is 0 Å². The molecule has 3 heteroatoms. The fourth-order valence-corrected chi connectivity index (χ4v) is 4.16. The summed E-state index contributed by atoms with van der Waals surface area (Å²) >= 11 is 3.59. The number of benzene rings is 1. The Morgan fingerprint density at radius 3 is 2.95 bits per heavy atom. The second kappa shape index (κ2) is 6.59. The summed E-state index contributed by atoms with van der Waals surface area (Å²) in [7, 11) is 0. The third-order valence-electron chi connectivity index (χ3n) is 4.91. The molecule has 20 heavy (non-hydrogen) atoms. The van der Waals surface area contributed by atoms with E-state index in [1.165, 1.54) is 56.2 Å². The van der Waals surface area contributed by atoms with Gasteiger partial charge in [0, 0.05) is 23.1 Å². The van der Waals surface area contributed by atoms with Gasteiger partial charge in [0.1, 0.15) is 0 Å². The molecule has 2 atom stereocenters. The first-order chi connectivity index (χ1) is 9.76. The van der Waals surface area contributed by atoms with Crippen molar-refractivity contribution >= 4 is 15.9 Å². The molecule has 0 spiro atoms. The smallest absolute Gasteiger partial charge is 0.0195 e. The average molecular weight is 337 g/mol. The fourth-order valence-electron chi connectivity index (χ4n) is 3.75. The van der Waals surface area contributed by atoms with Crippen LogP contribution in [0.2, 0.25) is 0 Å². The SMILES string of the molecule is CCN(CC1CCCN1)C1CCc2cc(Br)ccc2C1.